The first-order chi connectivity index (χ1) is 14.3. The maximum atomic E-state index is 5.96. The van der Waals surface area contributed by atoms with E-state index in [-0.39, 0.29) is 0 Å². The van der Waals surface area contributed by atoms with Crippen molar-refractivity contribution in [3.63, 3.8) is 0 Å². The van der Waals surface area contributed by atoms with Crippen molar-refractivity contribution in [2.45, 2.75) is 31.6 Å². The largest absolute Gasteiger partial charge is 0.440 e. The average Bonchev–Trinajstić information content (AvgIpc) is 3.42. The molecule has 2 aromatic heterocycles. The van der Waals surface area contributed by atoms with E-state index in [9.17, 15) is 0 Å². The van der Waals surface area contributed by atoms with Crippen LogP contribution >= 0.6 is 0 Å². The van der Waals surface area contributed by atoms with Crippen molar-refractivity contribution in [3.8, 4) is 11.4 Å². The van der Waals surface area contributed by atoms with E-state index in [1.54, 1.807) is 0 Å². The normalized spacial score (nSPS) is 15.9. The van der Waals surface area contributed by atoms with Gasteiger partial charge in [-0.3, -0.25) is 0 Å². The minimum absolute atomic E-state index is 0.419. The van der Waals surface area contributed by atoms with Crippen LogP contribution in [0.4, 0.5) is 0 Å². The zero-order chi connectivity index (χ0) is 19.5. The Bertz CT molecular complexity index is 1030. The van der Waals surface area contributed by atoms with Gasteiger partial charge in [0.25, 0.3) is 0 Å². The number of aromatic nitrogens is 3. The average molecular weight is 388 g/mol. The molecule has 0 amide bonds. The lowest BCUT2D eigenvalue weighted by molar-refractivity contribution is 0.197. The van der Waals surface area contributed by atoms with Crippen LogP contribution in [0.5, 0.6) is 0 Å². The van der Waals surface area contributed by atoms with E-state index < -0.39 is 0 Å². The number of benzene rings is 2. The molecule has 1 aliphatic rings. The Morgan fingerprint density at radius 3 is 2.55 bits per heavy atom. The zero-order valence-corrected chi connectivity index (χ0v) is 16.3. The lowest BCUT2D eigenvalue weighted by Crippen LogP contribution is -2.34. The molecule has 0 spiro atoms. The molecule has 3 heterocycles. The summed E-state index contributed by atoms with van der Waals surface area (Å²) in [4.78, 5) is 11.7. The first kappa shape index (κ1) is 18.1. The third-order valence-corrected chi connectivity index (χ3v) is 5.61. The smallest absolute Gasteiger partial charge is 0.227 e. The van der Waals surface area contributed by atoms with Gasteiger partial charge in [0.05, 0.1) is 0 Å². The molecule has 2 aromatic carbocycles. The van der Waals surface area contributed by atoms with Gasteiger partial charge >= 0.3 is 0 Å². The fourth-order valence-corrected chi connectivity index (χ4v) is 3.98. The Morgan fingerprint density at radius 1 is 0.931 bits per heavy atom. The van der Waals surface area contributed by atoms with Gasteiger partial charge in [-0.05, 0) is 51.0 Å². The summed E-state index contributed by atoms with van der Waals surface area (Å²) in [5, 5.41) is 4.10. The van der Waals surface area contributed by atoms with Crippen molar-refractivity contribution < 1.29 is 8.94 Å². The highest BCUT2D eigenvalue weighted by Crippen LogP contribution is 2.30. The molecule has 0 radical (unpaired) electrons. The van der Waals surface area contributed by atoms with Crippen molar-refractivity contribution in [3.05, 3.63) is 66.4 Å². The molecule has 0 aliphatic carbocycles. The number of likely N-dealkylation sites (tertiary alicyclic amines) is 1. The number of aryl methyl sites for hydroxylation is 1. The Kier molecular flexibility index (Phi) is 5.09. The van der Waals surface area contributed by atoms with Crippen LogP contribution in [0.25, 0.3) is 22.5 Å². The monoisotopic (exact) mass is 388 g/mol. The van der Waals surface area contributed by atoms with Crippen LogP contribution in [0, 0.1) is 0 Å². The van der Waals surface area contributed by atoms with E-state index in [0.29, 0.717) is 17.6 Å². The van der Waals surface area contributed by atoms with E-state index in [1.807, 2.05) is 54.6 Å². The molecule has 0 atom stereocenters. The minimum atomic E-state index is 0.419. The third-order valence-electron chi connectivity index (χ3n) is 5.61. The van der Waals surface area contributed by atoms with Crippen LogP contribution in [0.15, 0.2) is 63.5 Å². The molecule has 29 heavy (non-hydrogen) atoms. The van der Waals surface area contributed by atoms with Gasteiger partial charge in [-0.15, -0.1) is 0 Å². The van der Waals surface area contributed by atoms with Gasteiger partial charge < -0.3 is 13.8 Å². The van der Waals surface area contributed by atoms with Crippen LogP contribution in [-0.2, 0) is 6.42 Å². The first-order valence-electron chi connectivity index (χ1n) is 10.3. The Hall–Kier alpha value is -2.99. The van der Waals surface area contributed by atoms with Gasteiger partial charge in [0.15, 0.2) is 11.5 Å². The van der Waals surface area contributed by atoms with Gasteiger partial charge in [-0.25, -0.2) is 4.98 Å². The number of rotatable bonds is 6. The van der Waals surface area contributed by atoms with Gasteiger partial charge in [-0.2, -0.15) is 4.98 Å². The van der Waals surface area contributed by atoms with Crippen molar-refractivity contribution in [1.82, 2.24) is 20.0 Å². The molecule has 1 saturated heterocycles. The van der Waals surface area contributed by atoms with E-state index in [0.717, 1.165) is 67.9 Å². The molecule has 148 valence electrons. The van der Waals surface area contributed by atoms with Crippen molar-refractivity contribution in [2.24, 2.45) is 0 Å². The Morgan fingerprint density at radius 2 is 1.72 bits per heavy atom. The van der Waals surface area contributed by atoms with E-state index in [4.69, 9.17) is 8.94 Å². The maximum Gasteiger partial charge on any atom is 0.227 e. The van der Waals surface area contributed by atoms with Crippen LogP contribution < -0.4 is 0 Å². The molecular formula is C23H24N4O2. The molecule has 0 N–H and O–H groups in total. The SMILES string of the molecule is c1ccc(-c2noc(CCCN3CCC(c4nc5ccccc5o4)CC3)n2)cc1. The number of oxazole rings is 1. The predicted octanol–water partition coefficient (Wildman–Crippen LogP) is 4.69. The minimum Gasteiger partial charge on any atom is -0.440 e. The summed E-state index contributed by atoms with van der Waals surface area (Å²) in [6.45, 7) is 3.19. The second kappa shape index (κ2) is 8.17. The maximum absolute atomic E-state index is 5.96. The molecule has 0 bridgehead atoms. The van der Waals surface area contributed by atoms with Crippen LogP contribution in [0.2, 0.25) is 0 Å². The van der Waals surface area contributed by atoms with Gasteiger partial charge in [0.1, 0.15) is 5.52 Å². The third kappa shape index (κ3) is 4.07. The molecule has 1 aliphatic heterocycles. The van der Waals surface area contributed by atoms with Gasteiger partial charge in [0.2, 0.25) is 11.7 Å². The number of hydrogen-bond acceptors (Lipinski definition) is 6. The summed E-state index contributed by atoms with van der Waals surface area (Å²) >= 11 is 0. The number of hydrogen-bond donors (Lipinski definition) is 0. The molecule has 6 nitrogen and oxygen atoms in total. The molecule has 4 aromatic rings. The molecule has 0 saturated carbocycles. The number of fused-ring (bicyclic) bond motifs is 1. The summed E-state index contributed by atoms with van der Waals surface area (Å²) in [5.41, 5.74) is 2.84. The number of piperidine rings is 1. The molecule has 0 unspecified atom stereocenters. The van der Waals surface area contributed by atoms with Gasteiger partial charge in [0, 0.05) is 17.9 Å². The van der Waals surface area contributed by atoms with Gasteiger partial charge in [-0.1, -0.05) is 47.6 Å². The standard InChI is InChI=1S/C23H24N4O2/c1-2-7-17(8-3-1)22-25-21(29-26-22)11-6-14-27-15-12-18(13-16-27)23-24-19-9-4-5-10-20(19)28-23/h1-5,7-10,18H,6,11-16H2. The van der Waals surface area contributed by atoms with Crippen molar-refractivity contribution in [2.75, 3.05) is 19.6 Å². The summed E-state index contributed by atoms with van der Waals surface area (Å²) < 4.78 is 11.4. The van der Waals surface area contributed by atoms with E-state index in [2.05, 4.69) is 20.0 Å². The topological polar surface area (TPSA) is 68.2 Å². The predicted molar refractivity (Wildman–Crippen MR) is 110 cm³/mol. The highest BCUT2D eigenvalue weighted by Gasteiger charge is 2.24. The van der Waals surface area contributed by atoms with Crippen molar-refractivity contribution >= 4 is 11.1 Å². The molecular weight excluding hydrogens is 364 g/mol. The molecule has 1 fully saturated rings. The highest BCUT2D eigenvalue weighted by atomic mass is 16.5. The quantitative estimate of drug-likeness (QED) is 0.477. The molecule has 5 rings (SSSR count). The second-order valence-electron chi connectivity index (χ2n) is 7.62. The Balaban J connectivity index is 1.10. The lowest BCUT2D eigenvalue weighted by Gasteiger charge is -2.30. The van der Waals surface area contributed by atoms with E-state index >= 15 is 0 Å². The summed E-state index contributed by atoms with van der Waals surface area (Å²) in [7, 11) is 0. The number of para-hydroxylation sites is 2. The first-order valence-corrected chi connectivity index (χ1v) is 10.3. The van der Waals surface area contributed by atoms with E-state index in [1.165, 1.54) is 0 Å². The fraction of sp³-hybridized carbons (Fsp3) is 0.348. The summed E-state index contributed by atoms with van der Waals surface area (Å²) in [6.07, 6.45) is 4.01. The summed E-state index contributed by atoms with van der Waals surface area (Å²) in [5.74, 6) is 2.69. The zero-order valence-electron chi connectivity index (χ0n) is 16.3. The van der Waals surface area contributed by atoms with Crippen LogP contribution in [0.1, 0.15) is 37.0 Å². The lowest BCUT2D eigenvalue weighted by atomic mass is 9.96. The summed E-state index contributed by atoms with van der Waals surface area (Å²) in [6, 6.07) is 17.9. The van der Waals surface area contributed by atoms with Crippen molar-refractivity contribution in [1.29, 1.82) is 0 Å². The second-order valence-corrected chi connectivity index (χ2v) is 7.62. The molecule has 6 heteroatoms. The fourth-order valence-electron chi connectivity index (χ4n) is 3.98. The highest BCUT2D eigenvalue weighted by molar-refractivity contribution is 5.72. The number of nitrogens with zero attached hydrogens (tertiary/aromatic N) is 4. The van der Waals surface area contributed by atoms with Crippen LogP contribution in [-0.4, -0.2) is 39.7 Å². The van der Waals surface area contributed by atoms with Crippen LogP contribution in [0.3, 0.4) is 0 Å². The Labute approximate surface area is 169 Å².